The summed E-state index contributed by atoms with van der Waals surface area (Å²) >= 11 is 9.65. The van der Waals surface area contributed by atoms with Crippen molar-refractivity contribution >= 4 is 137 Å². The molecule has 3 amide bonds. The Morgan fingerprint density at radius 3 is 0.883 bits per heavy atom. The van der Waals surface area contributed by atoms with E-state index >= 15 is 0 Å². The molecule has 0 spiro atoms. The largest absolute Gasteiger partial charge is 0.466 e. The molecule has 0 radical (unpaired) electrons. The number of hydrogen-bond acceptors (Lipinski definition) is 40. The molecule has 0 aromatic rings. The van der Waals surface area contributed by atoms with Gasteiger partial charge in [-0.1, -0.05) is 47.8 Å². The Labute approximate surface area is 719 Å². The number of esters is 12. The van der Waals surface area contributed by atoms with Gasteiger partial charge in [-0.2, -0.15) is 15.3 Å². The van der Waals surface area contributed by atoms with Crippen LogP contribution in [-0.4, -0.2) is 256 Å². The third-order valence-corrected chi connectivity index (χ3v) is 17.0. The number of amides is 3. The van der Waals surface area contributed by atoms with Gasteiger partial charge >= 0.3 is 71.6 Å². The third-order valence-electron chi connectivity index (χ3n) is 16.1. The average molecular weight is 1910 g/mol. The van der Waals surface area contributed by atoms with Gasteiger partial charge in [-0.05, 0) is 95.4 Å². The normalized spacial score (nSPS) is 15.4. The van der Waals surface area contributed by atoms with Gasteiger partial charge in [-0.3, -0.25) is 71.9 Å². The van der Waals surface area contributed by atoms with E-state index < -0.39 is 260 Å². The Morgan fingerprint density at radius 1 is 0.367 bits per heavy atom. The molecule has 43 nitrogen and oxygen atoms in total. The summed E-state index contributed by atoms with van der Waals surface area (Å²) in [4.78, 5) is 195. The van der Waals surface area contributed by atoms with Gasteiger partial charge in [0.1, 0.15) is 99.5 Å². The molecule has 0 saturated carbocycles. The molecule has 0 bridgehead atoms. The first-order valence-corrected chi connectivity index (χ1v) is 40.5. The van der Waals surface area contributed by atoms with Crippen molar-refractivity contribution in [2.75, 3.05) is 125 Å². The molecule has 46 heteroatoms. The maximum atomic E-state index is 14.0. The molecule has 0 aliphatic carbocycles. The summed E-state index contributed by atoms with van der Waals surface area (Å²) < 4.78 is 84.3. The van der Waals surface area contributed by atoms with Crippen molar-refractivity contribution in [3.05, 3.63) is 35.7 Å². The number of rotatable bonds is 59. The maximum absolute atomic E-state index is 14.0. The SMILES string of the molecule is CCOC(=O)CCC(=O)OCC(COC(=O)CCC(=O)OCC1(NC(=O)CCC(=O)OC/C(=C/NCCCOC(=O)C(C)(C)Br)N=N)COC(C)(C)OC1)(COC(=O)CCC(=O)OCC1(NC(=O)CCC(=O)OC/C(=C/NCCCOC(=O)C(C)(C)Br)N=N)COC(C)(C)OC1)NC(=O)CCC(=O)OC/C(=C/NCCCOC(=O)C(C)(C)Br)N=N. The minimum Gasteiger partial charge on any atom is -0.466 e. The first-order chi connectivity index (χ1) is 56.2. The number of nitrogens with one attached hydrogen (secondary N) is 9. The molecule has 2 fully saturated rings. The lowest BCUT2D eigenvalue weighted by Gasteiger charge is -2.43. The summed E-state index contributed by atoms with van der Waals surface area (Å²) in [6.07, 6.45) is -2.07. The Balaban J connectivity index is 2.33. The lowest BCUT2D eigenvalue weighted by Crippen LogP contribution is -2.63. The zero-order valence-electron chi connectivity index (χ0n) is 69.4. The molecule has 0 aromatic heterocycles. The first-order valence-electron chi connectivity index (χ1n) is 38.1. The molecule has 0 unspecified atom stereocenters. The summed E-state index contributed by atoms with van der Waals surface area (Å²) in [5.74, 6) is -15.2. The summed E-state index contributed by atoms with van der Waals surface area (Å²) in [5.41, 5.74) is 17.0. The van der Waals surface area contributed by atoms with E-state index in [9.17, 15) is 71.9 Å². The van der Waals surface area contributed by atoms with Gasteiger partial charge < -0.3 is 108 Å². The van der Waals surface area contributed by atoms with Crippen LogP contribution >= 0.6 is 47.8 Å². The van der Waals surface area contributed by atoms with E-state index in [0.717, 1.165) is 0 Å². The zero-order chi connectivity index (χ0) is 90.2. The summed E-state index contributed by atoms with van der Waals surface area (Å²) in [7, 11) is 0. The van der Waals surface area contributed by atoms with Crippen molar-refractivity contribution in [3.63, 3.8) is 0 Å². The van der Waals surface area contributed by atoms with Crippen molar-refractivity contribution in [2.45, 2.75) is 214 Å². The van der Waals surface area contributed by atoms with Gasteiger partial charge in [-0.25, -0.2) is 16.6 Å². The van der Waals surface area contributed by atoms with Crippen molar-refractivity contribution in [1.82, 2.24) is 31.9 Å². The molecule has 2 aliphatic heterocycles. The second-order valence-electron chi connectivity index (χ2n) is 29.5. The predicted molar refractivity (Wildman–Crippen MR) is 424 cm³/mol. The Kier molecular flexibility index (Phi) is 48.2. The van der Waals surface area contributed by atoms with E-state index in [0.29, 0.717) is 32.4 Å². The molecule has 120 heavy (non-hydrogen) atoms. The summed E-state index contributed by atoms with van der Waals surface area (Å²) in [6, 6.07) is 0. The third kappa shape index (κ3) is 47.7. The fraction of sp³-hybridized carbons (Fsp3) is 0.716. The highest BCUT2D eigenvalue weighted by atomic mass is 79.9. The molecule has 2 rings (SSSR count). The van der Waals surface area contributed by atoms with Crippen LogP contribution in [0.15, 0.2) is 51.0 Å². The minimum atomic E-state index is -2.30. The standard InChI is InChI=1S/C74H113Br3N12O31/c1-12-105-55(93)22-23-59(97)112-40-72(84-52(90)16-19-56(94)109-37-49(87-78)34-81-28-13-31-106-64(102)67(2,3)75,41-113-60(98)24-26-62(100)115-43-73(45-117-70(8,9)118-46-73)85-53(91)17-20-57(95)110-38-50(88-79)35-82-29-14-32-107-65(103)68(4,5)76)42-114-61(99)25-27-63(101)116-44-74(47-119-71(10,11)120-48-74)86-54(92)18-21-58(96)111-39-51(89-80)36-83-30-15-33-108-66(104)69(6,7)77/h34-36,78-83H,12-33,37-48H2,1-11H3,(H,84,90)(H,85,91)(H,86,92)/b49-34-,50-35-,51-36-,87-78?,88-79?,89-80?. The quantitative estimate of drug-likeness (QED) is 0.0121. The van der Waals surface area contributed by atoms with Crippen molar-refractivity contribution in [1.29, 1.82) is 16.6 Å². The maximum Gasteiger partial charge on any atom is 0.322 e. The van der Waals surface area contributed by atoms with E-state index in [1.165, 1.54) is 25.5 Å². The van der Waals surface area contributed by atoms with E-state index in [1.807, 2.05) is 0 Å². The number of alkyl halides is 3. The lowest BCUT2D eigenvalue weighted by molar-refractivity contribution is -0.275. The van der Waals surface area contributed by atoms with Crippen molar-refractivity contribution < 1.29 is 148 Å². The Hall–Kier alpha value is -9.25. The zero-order valence-corrected chi connectivity index (χ0v) is 74.2. The van der Waals surface area contributed by atoms with Crippen LogP contribution in [0.5, 0.6) is 0 Å². The van der Waals surface area contributed by atoms with E-state index in [2.05, 4.69) is 95.0 Å². The summed E-state index contributed by atoms with van der Waals surface area (Å²) in [5, 5.41) is 26.4. The fourth-order valence-electron chi connectivity index (χ4n) is 9.15. The van der Waals surface area contributed by atoms with Crippen LogP contribution in [0, 0.1) is 16.6 Å². The molecule has 9 N–H and O–H groups in total. The van der Waals surface area contributed by atoms with Gasteiger partial charge in [0.15, 0.2) is 11.6 Å². The van der Waals surface area contributed by atoms with E-state index in [1.54, 1.807) is 69.2 Å². The number of ether oxygens (including phenoxy) is 16. The van der Waals surface area contributed by atoms with Crippen LogP contribution in [0.2, 0.25) is 0 Å². The van der Waals surface area contributed by atoms with Crippen LogP contribution < -0.4 is 31.9 Å². The van der Waals surface area contributed by atoms with Gasteiger partial charge in [0.2, 0.25) is 17.7 Å². The van der Waals surface area contributed by atoms with Gasteiger partial charge in [0.05, 0.1) is 111 Å². The number of carbonyl (C=O) groups excluding carboxylic acids is 15. The topological polar surface area (TPSA) is 585 Å². The van der Waals surface area contributed by atoms with Crippen LogP contribution in [-0.2, 0) is 148 Å². The van der Waals surface area contributed by atoms with Crippen LogP contribution in [0.3, 0.4) is 0 Å². The van der Waals surface area contributed by atoms with E-state index in [4.69, 9.17) is 92.4 Å². The highest BCUT2D eigenvalue weighted by molar-refractivity contribution is 9.10. The monoisotopic (exact) mass is 1900 g/mol. The fourth-order valence-corrected chi connectivity index (χ4v) is 9.50. The molecular weight excluding hydrogens is 1790 g/mol. The molecule has 0 aromatic carbocycles. The second-order valence-corrected chi connectivity index (χ2v) is 35.5. The molecule has 2 aliphatic rings. The van der Waals surface area contributed by atoms with E-state index in [-0.39, 0.29) is 76.5 Å². The molecule has 676 valence electrons. The molecule has 2 saturated heterocycles. The van der Waals surface area contributed by atoms with Crippen LogP contribution in [0.1, 0.15) is 172 Å². The number of nitrogens with zero attached hydrogens (tertiary/aromatic N) is 3. The number of halogens is 3. The van der Waals surface area contributed by atoms with Crippen LogP contribution in [0.25, 0.3) is 0 Å². The molecular formula is C74H113Br3N12O31. The van der Waals surface area contributed by atoms with Gasteiger partial charge in [0.25, 0.3) is 0 Å². The van der Waals surface area contributed by atoms with Crippen LogP contribution in [0.4, 0.5) is 0 Å². The Bertz CT molecular complexity index is 3410. The molecule has 2 heterocycles. The number of carbonyl (C=O) groups is 15. The van der Waals surface area contributed by atoms with Gasteiger partial charge in [0, 0.05) is 57.5 Å². The Morgan fingerprint density at radius 2 is 0.617 bits per heavy atom. The lowest BCUT2D eigenvalue weighted by atomic mass is 10.0. The van der Waals surface area contributed by atoms with Crippen molar-refractivity contribution in [3.8, 4) is 0 Å². The van der Waals surface area contributed by atoms with Gasteiger partial charge in [-0.15, -0.1) is 0 Å². The first kappa shape index (κ1) is 107. The number of hydrogen-bond donors (Lipinski definition) is 9. The minimum absolute atomic E-state index is 0.0229. The summed E-state index contributed by atoms with van der Waals surface area (Å²) in [6.45, 7) is 12.0. The predicted octanol–water partition coefficient (Wildman–Crippen LogP) is 5.41. The second kappa shape index (κ2) is 54.2. The average Bonchev–Trinajstić information content (AvgIpc) is 0.814. The smallest absolute Gasteiger partial charge is 0.322 e. The van der Waals surface area contributed by atoms with Crippen molar-refractivity contribution in [2.24, 2.45) is 15.3 Å². The molecule has 0 atom stereocenters. The highest BCUT2D eigenvalue weighted by Crippen LogP contribution is 2.28. The highest BCUT2D eigenvalue weighted by Gasteiger charge is 2.45.